The Balaban J connectivity index is 1.92. The lowest BCUT2D eigenvalue weighted by Gasteiger charge is -2.27. The van der Waals surface area contributed by atoms with Crippen LogP contribution in [-0.4, -0.2) is 34.6 Å². The maximum atomic E-state index is 12.6. The number of nitrogens with one attached hydrogen (secondary N) is 1. The van der Waals surface area contributed by atoms with Crippen LogP contribution in [0.3, 0.4) is 0 Å². The van der Waals surface area contributed by atoms with Gasteiger partial charge >= 0.3 is 5.97 Å². The molecule has 0 aliphatic heterocycles. The van der Waals surface area contributed by atoms with Gasteiger partial charge < -0.3 is 15.2 Å². The number of aromatic hydroxyl groups is 1. The molecule has 24 heavy (non-hydrogen) atoms. The van der Waals surface area contributed by atoms with Crippen LogP contribution >= 0.6 is 15.9 Å². The number of carbonyl (C=O) groups excluding carboxylic acids is 2. The third-order valence-electron chi connectivity index (χ3n) is 4.08. The van der Waals surface area contributed by atoms with Crippen LogP contribution in [0.4, 0.5) is 0 Å². The van der Waals surface area contributed by atoms with Crippen LogP contribution in [0.25, 0.3) is 0 Å². The molecule has 1 aliphatic carbocycles. The van der Waals surface area contributed by atoms with Crippen molar-refractivity contribution in [3.05, 3.63) is 57.8 Å². The highest BCUT2D eigenvalue weighted by molar-refractivity contribution is 9.10. The number of methoxy groups -OCH3 is 1. The van der Waals surface area contributed by atoms with Crippen LogP contribution < -0.4 is 5.32 Å². The zero-order valence-corrected chi connectivity index (χ0v) is 14.5. The fourth-order valence-electron chi connectivity index (χ4n) is 2.97. The van der Waals surface area contributed by atoms with Gasteiger partial charge in [-0.1, -0.05) is 24.3 Å². The quantitative estimate of drug-likeness (QED) is 0.782. The molecule has 0 spiro atoms. The van der Waals surface area contributed by atoms with Crippen molar-refractivity contribution in [3.63, 3.8) is 0 Å². The number of ether oxygens (including phenoxy) is 1. The normalized spacial score (nSPS) is 14.8. The van der Waals surface area contributed by atoms with Gasteiger partial charge in [-0.3, -0.25) is 4.79 Å². The van der Waals surface area contributed by atoms with Gasteiger partial charge in [0.2, 0.25) is 0 Å². The number of amides is 1. The molecule has 2 aromatic rings. The summed E-state index contributed by atoms with van der Waals surface area (Å²) in [5.74, 6) is -1.42. The lowest BCUT2D eigenvalue weighted by molar-refractivity contribution is -0.147. The molecule has 0 saturated heterocycles. The predicted molar refractivity (Wildman–Crippen MR) is 89.7 cm³/mol. The third-order valence-corrected chi connectivity index (χ3v) is 4.51. The van der Waals surface area contributed by atoms with Gasteiger partial charge in [0.15, 0.2) is 5.69 Å². The zero-order valence-electron chi connectivity index (χ0n) is 12.9. The first kappa shape index (κ1) is 16.4. The second-order valence-corrected chi connectivity index (χ2v) is 6.59. The Morgan fingerprint density at radius 3 is 2.46 bits per heavy atom. The first-order valence-corrected chi connectivity index (χ1v) is 8.07. The van der Waals surface area contributed by atoms with E-state index in [0.29, 0.717) is 17.3 Å². The summed E-state index contributed by atoms with van der Waals surface area (Å²) < 4.78 is 5.46. The number of hydrogen-bond donors (Lipinski definition) is 2. The van der Waals surface area contributed by atoms with E-state index in [4.69, 9.17) is 4.74 Å². The molecule has 1 aromatic heterocycles. The number of nitrogens with zero attached hydrogens (tertiary/aromatic N) is 1. The maximum Gasteiger partial charge on any atom is 0.332 e. The lowest BCUT2D eigenvalue weighted by Crippen LogP contribution is -2.56. The van der Waals surface area contributed by atoms with E-state index in [1.165, 1.54) is 19.4 Å². The Morgan fingerprint density at radius 2 is 1.92 bits per heavy atom. The Hall–Kier alpha value is -2.41. The summed E-state index contributed by atoms with van der Waals surface area (Å²) in [6.45, 7) is 0. The number of esters is 1. The summed E-state index contributed by atoms with van der Waals surface area (Å²) in [7, 11) is 1.29. The summed E-state index contributed by atoms with van der Waals surface area (Å²) in [5, 5.41) is 12.6. The predicted octanol–water partition coefficient (Wildman–Crippen LogP) is 1.99. The fourth-order valence-corrected chi connectivity index (χ4v) is 3.29. The summed E-state index contributed by atoms with van der Waals surface area (Å²) in [5.41, 5.74) is 0.626. The minimum absolute atomic E-state index is 0.141. The standard InChI is InChI=1S/C17H15BrN2O4/c1-24-16(23)17(7-10-4-2-3-5-11(10)8-17)20-15(22)14-13(21)6-12(18)9-19-14/h2-6,9,21H,7-8H2,1H3,(H,20,22). The van der Waals surface area contributed by atoms with Gasteiger partial charge in [0.25, 0.3) is 5.91 Å². The van der Waals surface area contributed by atoms with Crippen molar-refractivity contribution in [2.24, 2.45) is 0 Å². The van der Waals surface area contributed by atoms with Crippen LogP contribution in [-0.2, 0) is 22.4 Å². The molecule has 0 atom stereocenters. The Bertz CT molecular complexity index is 797. The van der Waals surface area contributed by atoms with Crippen molar-refractivity contribution in [1.82, 2.24) is 10.3 Å². The van der Waals surface area contributed by atoms with Gasteiger partial charge in [0.1, 0.15) is 11.3 Å². The Labute approximate surface area is 147 Å². The number of rotatable bonds is 3. The molecule has 3 rings (SSSR count). The molecule has 0 saturated carbocycles. The second kappa shape index (κ2) is 6.24. The number of carbonyl (C=O) groups is 2. The van der Waals surface area contributed by atoms with Crippen LogP contribution in [0.2, 0.25) is 0 Å². The molecule has 2 N–H and O–H groups in total. The monoisotopic (exact) mass is 390 g/mol. The largest absolute Gasteiger partial charge is 0.505 e. The molecule has 1 heterocycles. The number of aromatic nitrogens is 1. The molecule has 6 nitrogen and oxygen atoms in total. The number of halogens is 1. The van der Waals surface area contributed by atoms with Crippen molar-refractivity contribution in [2.75, 3.05) is 7.11 Å². The molecule has 124 valence electrons. The van der Waals surface area contributed by atoms with E-state index < -0.39 is 17.4 Å². The van der Waals surface area contributed by atoms with E-state index in [2.05, 4.69) is 26.2 Å². The van der Waals surface area contributed by atoms with E-state index in [1.54, 1.807) is 0 Å². The van der Waals surface area contributed by atoms with Crippen molar-refractivity contribution >= 4 is 27.8 Å². The highest BCUT2D eigenvalue weighted by atomic mass is 79.9. The van der Waals surface area contributed by atoms with E-state index in [-0.39, 0.29) is 11.4 Å². The SMILES string of the molecule is COC(=O)C1(NC(=O)c2ncc(Br)cc2O)Cc2ccccc2C1. The topological polar surface area (TPSA) is 88.5 Å². The van der Waals surface area contributed by atoms with E-state index in [1.807, 2.05) is 24.3 Å². The first-order chi connectivity index (χ1) is 11.4. The highest BCUT2D eigenvalue weighted by Gasteiger charge is 2.46. The van der Waals surface area contributed by atoms with E-state index >= 15 is 0 Å². The number of benzene rings is 1. The van der Waals surface area contributed by atoms with Crippen LogP contribution in [0.5, 0.6) is 5.75 Å². The van der Waals surface area contributed by atoms with Crippen molar-refractivity contribution in [2.45, 2.75) is 18.4 Å². The van der Waals surface area contributed by atoms with Crippen LogP contribution in [0.1, 0.15) is 21.6 Å². The lowest BCUT2D eigenvalue weighted by atomic mass is 9.95. The van der Waals surface area contributed by atoms with Gasteiger partial charge in [-0.15, -0.1) is 0 Å². The fraction of sp³-hybridized carbons (Fsp3) is 0.235. The Kier molecular flexibility index (Phi) is 4.28. The molecule has 1 aromatic carbocycles. The number of pyridine rings is 1. The molecule has 1 amide bonds. The maximum absolute atomic E-state index is 12.6. The molecule has 1 aliphatic rings. The second-order valence-electron chi connectivity index (χ2n) is 5.67. The molecule has 0 fully saturated rings. The summed E-state index contributed by atoms with van der Waals surface area (Å²) in [4.78, 5) is 28.9. The first-order valence-electron chi connectivity index (χ1n) is 7.27. The smallest absolute Gasteiger partial charge is 0.332 e. The molecule has 7 heteroatoms. The Morgan fingerprint density at radius 1 is 1.29 bits per heavy atom. The van der Waals surface area contributed by atoms with Gasteiger partial charge in [-0.25, -0.2) is 9.78 Å². The van der Waals surface area contributed by atoms with E-state index in [0.717, 1.165) is 11.1 Å². The van der Waals surface area contributed by atoms with Gasteiger partial charge in [0.05, 0.1) is 7.11 Å². The van der Waals surface area contributed by atoms with Gasteiger partial charge in [0, 0.05) is 23.5 Å². The van der Waals surface area contributed by atoms with Crippen molar-refractivity contribution in [1.29, 1.82) is 0 Å². The molecular weight excluding hydrogens is 376 g/mol. The van der Waals surface area contributed by atoms with Gasteiger partial charge in [-0.2, -0.15) is 0 Å². The summed E-state index contributed by atoms with van der Waals surface area (Å²) in [6, 6.07) is 8.98. The minimum atomic E-state index is -1.20. The minimum Gasteiger partial charge on any atom is -0.505 e. The highest BCUT2D eigenvalue weighted by Crippen LogP contribution is 2.32. The molecule has 0 bridgehead atoms. The van der Waals surface area contributed by atoms with Gasteiger partial charge in [-0.05, 0) is 33.1 Å². The van der Waals surface area contributed by atoms with Crippen molar-refractivity contribution in [3.8, 4) is 5.75 Å². The molecular formula is C17H15BrN2O4. The molecule has 0 unspecified atom stereocenters. The average Bonchev–Trinajstić information content (AvgIpc) is 2.93. The summed E-state index contributed by atoms with van der Waals surface area (Å²) >= 11 is 3.17. The zero-order chi connectivity index (χ0) is 17.3. The third kappa shape index (κ3) is 2.87. The average molecular weight is 391 g/mol. The number of fused-ring (bicyclic) bond motifs is 1. The number of hydrogen-bond acceptors (Lipinski definition) is 5. The molecule has 0 radical (unpaired) electrons. The summed E-state index contributed by atoms with van der Waals surface area (Å²) in [6.07, 6.45) is 2.07. The van der Waals surface area contributed by atoms with Crippen LogP contribution in [0, 0.1) is 0 Å². The van der Waals surface area contributed by atoms with E-state index in [9.17, 15) is 14.7 Å². The van der Waals surface area contributed by atoms with Crippen molar-refractivity contribution < 1.29 is 19.4 Å². The van der Waals surface area contributed by atoms with Crippen LogP contribution in [0.15, 0.2) is 41.0 Å².